The molecule has 5 rings (SSSR count). The summed E-state index contributed by atoms with van der Waals surface area (Å²) in [6, 6.07) is 8.74. The number of fused-ring (bicyclic) bond motifs is 5. The van der Waals surface area contributed by atoms with Gasteiger partial charge >= 0.3 is 29.8 Å². The van der Waals surface area contributed by atoms with Gasteiger partial charge in [0.05, 0.1) is 16.7 Å². The molecule has 0 heterocycles. The number of hydrogen-bond acceptors (Lipinski definition) is 13. The van der Waals surface area contributed by atoms with Crippen LogP contribution < -0.4 is 4.74 Å². The highest BCUT2D eigenvalue weighted by molar-refractivity contribution is 5.91. The number of para-hydroxylation sites is 1. The summed E-state index contributed by atoms with van der Waals surface area (Å²) in [6.45, 7) is 12.4. The van der Waals surface area contributed by atoms with Crippen LogP contribution in [-0.4, -0.2) is 82.5 Å². The second-order valence-corrected chi connectivity index (χ2v) is 15.0. The Labute approximate surface area is 285 Å². The maximum Gasteiger partial charge on any atom is 0.303 e. The highest BCUT2D eigenvalue weighted by Gasteiger charge is 2.84. The Morgan fingerprint density at radius 3 is 1.78 bits per heavy atom. The standard InChI is InChI=1S/C36H46O13/c1-17-15-35(43)26(27(17)48-23-13-11-10-12-14-23)30(45-19(3)38)36(49-22(6)41)16-24-25(29(44-18(2)37)33(7,8)28(24)42)34(9,31(35)46-20(4)39)32(36)47-21(5)40/h10-14,17,24-27,29-32,43H,15-16H2,1-9H3. The molecule has 49 heavy (non-hydrogen) atoms. The minimum atomic E-state index is -2.12. The van der Waals surface area contributed by atoms with E-state index < -0.39 is 106 Å². The minimum absolute atomic E-state index is 0.0730. The number of carbonyl (C=O) groups excluding carboxylic acids is 6. The molecule has 4 fully saturated rings. The monoisotopic (exact) mass is 686 g/mol. The van der Waals surface area contributed by atoms with Crippen LogP contribution in [0.5, 0.6) is 5.75 Å². The SMILES string of the molecule is CC(=O)OC1C2C(CC3(OC(C)=O)C(OC(C)=O)C4C(Oc5ccccc5)C(C)CC4(O)C(OC(C)=O)C2(C)C3OC(C)=O)C(=O)C1(C)C. The van der Waals surface area contributed by atoms with Crippen molar-refractivity contribution in [2.24, 2.45) is 34.5 Å². The van der Waals surface area contributed by atoms with Crippen molar-refractivity contribution in [3.05, 3.63) is 30.3 Å². The molecular formula is C36H46O13. The van der Waals surface area contributed by atoms with Crippen molar-refractivity contribution in [2.45, 2.75) is 117 Å². The first-order chi connectivity index (χ1) is 22.7. The highest BCUT2D eigenvalue weighted by Crippen LogP contribution is 2.69. The van der Waals surface area contributed by atoms with Gasteiger partial charge in [-0.05, 0) is 38.3 Å². The zero-order chi connectivity index (χ0) is 36.4. The molecule has 13 nitrogen and oxygen atoms in total. The molecule has 1 aromatic carbocycles. The molecule has 12 atom stereocenters. The fraction of sp³-hybridized carbons (Fsp3) is 0.667. The number of carbonyl (C=O) groups is 6. The zero-order valence-electron chi connectivity index (χ0n) is 29.3. The Morgan fingerprint density at radius 1 is 0.714 bits per heavy atom. The molecule has 0 radical (unpaired) electrons. The molecular weight excluding hydrogens is 640 g/mol. The van der Waals surface area contributed by atoms with Gasteiger partial charge in [0.15, 0.2) is 17.8 Å². The van der Waals surface area contributed by atoms with Gasteiger partial charge in [0.2, 0.25) is 0 Å². The normalized spacial score (nSPS) is 40.1. The van der Waals surface area contributed by atoms with Crippen LogP contribution in [0.4, 0.5) is 0 Å². The van der Waals surface area contributed by atoms with Gasteiger partial charge < -0.3 is 33.5 Å². The second kappa shape index (κ2) is 12.4. The molecule has 12 unspecified atom stereocenters. The van der Waals surface area contributed by atoms with Crippen LogP contribution in [0, 0.1) is 34.5 Å². The predicted octanol–water partition coefficient (Wildman–Crippen LogP) is 3.11. The van der Waals surface area contributed by atoms with Gasteiger partial charge in [-0.15, -0.1) is 0 Å². The number of ketones is 1. The molecule has 0 spiro atoms. The molecule has 1 aromatic rings. The summed E-state index contributed by atoms with van der Waals surface area (Å²) in [4.78, 5) is 79.6. The lowest BCUT2D eigenvalue weighted by Gasteiger charge is -2.58. The van der Waals surface area contributed by atoms with Crippen molar-refractivity contribution < 1.29 is 62.3 Å². The van der Waals surface area contributed by atoms with E-state index >= 15 is 0 Å². The van der Waals surface area contributed by atoms with Crippen LogP contribution in [0.25, 0.3) is 0 Å². The Balaban J connectivity index is 1.92. The van der Waals surface area contributed by atoms with Crippen LogP contribution in [0.15, 0.2) is 30.3 Å². The average molecular weight is 687 g/mol. The first kappa shape index (κ1) is 36.3. The van der Waals surface area contributed by atoms with E-state index in [0.717, 1.165) is 27.7 Å². The lowest BCUT2D eigenvalue weighted by molar-refractivity contribution is -0.276. The summed E-state index contributed by atoms with van der Waals surface area (Å²) < 4.78 is 37.0. The fourth-order valence-corrected chi connectivity index (χ4v) is 9.92. The van der Waals surface area contributed by atoms with E-state index in [4.69, 9.17) is 28.4 Å². The zero-order valence-corrected chi connectivity index (χ0v) is 29.3. The molecule has 2 bridgehead atoms. The van der Waals surface area contributed by atoms with Crippen molar-refractivity contribution in [3.8, 4) is 5.75 Å². The third kappa shape index (κ3) is 5.67. The smallest absolute Gasteiger partial charge is 0.303 e. The van der Waals surface area contributed by atoms with E-state index in [1.165, 1.54) is 6.92 Å². The van der Waals surface area contributed by atoms with Crippen molar-refractivity contribution >= 4 is 35.6 Å². The van der Waals surface area contributed by atoms with Crippen molar-refractivity contribution in [1.82, 2.24) is 0 Å². The molecule has 4 aliphatic rings. The summed E-state index contributed by atoms with van der Waals surface area (Å²) in [5, 5.41) is 13.3. The van der Waals surface area contributed by atoms with E-state index in [1.54, 1.807) is 51.1 Å². The van der Waals surface area contributed by atoms with Crippen LogP contribution in [0.2, 0.25) is 0 Å². The minimum Gasteiger partial charge on any atom is -0.490 e. The van der Waals surface area contributed by atoms with Crippen molar-refractivity contribution in [1.29, 1.82) is 0 Å². The molecule has 268 valence electrons. The average Bonchev–Trinajstić information content (AvgIpc) is 3.32. The Kier molecular flexibility index (Phi) is 9.18. The van der Waals surface area contributed by atoms with Crippen LogP contribution in [0.1, 0.15) is 75.2 Å². The summed E-state index contributed by atoms with van der Waals surface area (Å²) >= 11 is 0. The lowest BCUT2D eigenvalue weighted by atomic mass is 9.53. The number of hydrogen-bond donors (Lipinski definition) is 1. The first-order valence-electron chi connectivity index (χ1n) is 16.6. The van der Waals surface area contributed by atoms with Crippen molar-refractivity contribution in [2.75, 3.05) is 0 Å². The van der Waals surface area contributed by atoms with Crippen LogP contribution in [-0.2, 0) is 52.5 Å². The maximum absolute atomic E-state index is 14.5. The van der Waals surface area contributed by atoms with Gasteiger partial charge in [-0.1, -0.05) is 32.0 Å². The number of benzene rings is 1. The lowest BCUT2D eigenvalue weighted by Crippen LogP contribution is -2.71. The summed E-state index contributed by atoms with van der Waals surface area (Å²) in [7, 11) is 0. The van der Waals surface area contributed by atoms with Gasteiger partial charge in [-0.3, -0.25) is 28.8 Å². The van der Waals surface area contributed by atoms with E-state index in [2.05, 4.69) is 0 Å². The number of rotatable bonds is 7. The van der Waals surface area contributed by atoms with E-state index in [1.807, 2.05) is 6.92 Å². The van der Waals surface area contributed by atoms with Crippen molar-refractivity contribution in [3.63, 3.8) is 0 Å². The third-order valence-electron chi connectivity index (χ3n) is 11.2. The molecule has 1 N–H and O–H groups in total. The molecule has 0 aliphatic heterocycles. The number of Topliss-reactive ketones (excluding diaryl/α,β-unsaturated/α-hetero) is 1. The molecule has 4 saturated carbocycles. The van der Waals surface area contributed by atoms with Gasteiger partial charge in [0, 0.05) is 52.9 Å². The summed E-state index contributed by atoms with van der Waals surface area (Å²) in [6.07, 6.45) is -7.29. The van der Waals surface area contributed by atoms with Gasteiger partial charge in [-0.2, -0.15) is 0 Å². The topological polar surface area (TPSA) is 178 Å². The fourth-order valence-electron chi connectivity index (χ4n) is 9.92. The van der Waals surface area contributed by atoms with Gasteiger partial charge in [-0.25, -0.2) is 0 Å². The Hall–Kier alpha value is -4.00. The van der Waals surface area contributed by atoms with Gasteiger partial charge in [0.25, 0.3) is 0 Å². The maximum atomic E-state index is 14.5. The number of ether oxygens (including phenoxy) is 6. The van der Waals surface area contributed by atoms with Gasteiger partial charge in [0.1, 0.15) is 35.4 Å². The molecule has 0 amide bonds. The van der Waals surface area contributed by atoms with E-state index in [9.17, 15) is 33.9 Å². The van der Waals surface area contributed by atoms with Crippen LogP contribution >= 0.6 is 0 Å². The molecule has 13 heteroatoms. The second-order valence-electron chi connectivity index (χ2n) is 15.0. The highest BCUT2D eigenvalue weighted by atomic mass is 16.6. The molecule has 0 saturated heterocycles. The van der Waals surface area contributed by atoms with E-state index in [-0.39, 0.29) is 18.6 Å². The Bertz CT molecular complexity index is 1540. The summed E-state index contributed by atoms with van der Waals surface area (Å²) in [5.74, 6) is -7.78. The quantitative estimate of drug-likeness (QED) is 0.327. The number of aliphatic hydroxyl groups is 1. The molecule has 0 aromatic heterocycles. The number of esters is 5. The molecule has 4 aliphatic carbocycles. The third-order valence-corrected chi connectivity index (χ3v) is 11.2. The predicted molar refractivity (Wildman–Crippen MR) is 168 cm³/mol. The van der Waals surface area contributed by atoms with E-state index in [0.29, 0.717) is 5.75 Å². The largest absolute Gasteiger partial charge is 0.490 e. The first-order valence-corrected chi connectivity index (χ1v) is 16.6. The van der Waals surface area contributed by atoms with Crippen LogP contribution in [0.3, 0.4) is 0 Å². The summed E-state index contributed by atoms with van der Waals surface area (Å²) in [5.41, 5.74) is -7.35. The Morgan fingerprint density at radius 2 is 1.24 bits per heavy atom.